The van der Waals surface area contributed by atoms with Crippen molar-refractivity contribution in [1.82, 2.24) is 4.37 Å². The Hall–Kier alpha value is -0.820. The Morgan fingerprint density at radius 1 is 1.30 bits per heavy atom. The Bertz CT molecular complexity index is 512. The van der Waals surface area contributed by atoms with Gasteiger partial charge in [0.25, 0.3) is 0 Å². The third kappa shape index (κ3) is 4.63. The highest BCUT2D eigenvalue weighted by atomic mass is 32.2. The molecule has 116 valence electrons. The van der Waals surface area contributed by atoms with Gasteiger partial charge in [0.2, 0.25) is 0 Å². The molecule has 5 nitrogen and oxygen atoms in total. The Morgan fingerprint density at radius 2 is 2.00 bits per heavy atom. The maximum absolute atomic E-state index is 12.2. The summed E-state index contributed by atoms with van der Waals surface area (Å²) in [4.78, 5) is 0.187. The third-order valence-corrected chi connectivity index (χ3v) is 5.98. The molecule has 0 aliphatic rings. The molecule has 1 aromatic heterocycles. The van der Waals surface area contributed by atoms with Crippen LogP contribution in [0.25, 0.3) is 0 Å². The van der Waals surface area contributed by atoms with E-state index in [1.54, 1.807) is 0 Å². The van der Waals surface area contributed by atoms with Crippen LogP contribution in [0, 0.1) is 0 Å². The Morgan fingerprint density at radius 3 is 2.60 bits per heavy atom. The molecular weight excluding hydrogens is 294 g/mol. The molecule has 1 unspecified atom stereocenters. The van der Waals surface area contributed by atoms with Gasteiger partial charge in [-0.2, -0.15) is 4.37 Å². The number of hydrogen-bond acceptors (Lipinski definition) is 6. The summed E-state index contributed by atoms with van der Waals surface area (Å²) in [5.74, 6) is 0.223. The smallest absolute Gasteiger partial charge is 0.185 e. The van der Waals surface area contributed by atoms with Crippen molar-refractivity contribution in [2.75, 3.05) is 16.8 Å². The molecule has 1 rings (SSSR count). The highest BCUT2D eigenvalue weighted by Crippen LogP contribution is 2.33. The van der Waals surface area contributed by atoms with E-state index >= 15 is 0 Å². The molecular formula is C13H25N3O2S2. The quantitative estimate of drug-likeness (QED) is 0.682. The van der Waals surface area contributed by atoms with Crippen LogP contribution in [-0.2, 0) is 9.84 Å². The highest BCUT2D eigenvalue weighted by molar-refractivity contribution is 7.91. The molecule has 7 heteroatoms. The molecule has 0 aliphatic heterocycles. The lowest BCUT2D eigenvalue weighted by Gasteiger charge is -2.14. The summed E-state index contributed by atoms with van der Waals surface area (Å²) in [6.07, 6.45) is 5.09. The topological polar surface area (TPSA) is 85.1 Å². The van der Waals surface area contributed by atoms with Crippen LogP contribution in [0.4, 0.5) is 10.8 Å². The number of aromatic nitrogens is 1. The summed E-state index contributed by atoms with van der Waals surface area (Å²) in [6.45, 7) is 6.06. The van der Waals surface area contributed by atoms with Crippen LogP contribution < -0.4 is 11.1 Å². The predicted octanol–water partition coefficient (Wildman–Crippen LogP) is 3.29. The van der Waals surface area contributed by atoms with Gasteiger partial charge in [0, 0.05) is 6.04 Å². The van der Waals surface area contributed by atoms with Crippen molar-refractivity contribution in [3.63, 3.8) is 0 Å². The maximum atomic E-state index is 12.2. The maximum Gasteiger partial charge on any atom is 0.185 e. The minimum atomic E-state index is -3.34. The predicted molar refractivity (Wildman–Crippen MR) is 86.1 cm³/mol. The number of rotatable bonds is 9. The number of anilines is 2. The monoisotopic (exact) mass is 319 g/mol. The number of nitrogens with one attached hydrogen (secondary N) is 1. The van der Waals surface area contributed by atoms with Crippen LogP contribution in [0.5, 0.6) is 0 Å². The normalized spacial score (nSPS) is 13.3. The molecule has 0 radical (unpaired) electrons. The highest BCUT2D eigenvalue weighted by Gasteiger charge is 2.25. The van der Waals surface area contributed by atoms with Crippen molar-refractivity contribution in [1.29, 1.82) is 0 Å². The van der Waals surface area contributed by atoms with Crippen molar-refractivity contribution >= 4 is 32.2 Å². The molecule has 1 aromatic rings. The van der Waals surface area contributed by atoms with Gasteiger partial charge < -0.3 is 11.1 Å². The van der Waals surface area contributed by atoms with Gasteiger partial charge in [-0.3, -0.25) is 0 Å². The van der Waals surface area contributed by atoms with Crippen molar-refractivity contribution in [3.05, 3.63) is 0 Å². The van der Waals surface area contributed by atoms with Gasteiger partial charge in [-0.15, -0.1) is 0 Å². The van der Waals surface area contributed by atoms with Crippen LogP contribution >= 0.6 is 11.5 Å². The van der Waals surface area contributed by atoms with Crippen molar-refractivity contribution in [2.24, 2.45) is 0 Å². The molecule has 20 heavy (non-hydrogen) atoms. The van der Waals surface area contributed by atoms with Gasteiger partial charge in [-0.25, -0.2) is 8.42 Å². The summed E-state index contributed by atoms with van der Waals surface area (Å²) in [7, 11) is -3.34. The van der Waals surface area contributed by atoms with Gasteiger partial charge in [0.1, 0.15) is 9.90 Å². The first kappa shape index (κ1) is 17.2. The Kier molecular flexibility index (Phi) is 6.75. The lowest BCUT2D eigenvalue weighted by atomic mass is 10.1. The van der Waals surface area contributed by atoms with Gasteiger partial charge >= 0.3 is 0 Å². The van der Waals surface area contributed by atoms with E-state index in [-0.39, 0.29) is 22.5 Å². The molecule has 0 amide bonds. The van der Waals surface area contributed by atoms with Crippen LogP contribution in [-0.4, -0.2) is 24.6 Å². The second-order valence-corrected chi connectivity index (χ2v) is 7.91. The lowest BCUT2D eigenvalue weighted by molar-refractivity contribution is 0.594. The van der Waals surface area contributed by atoms with E-state index in [1.165, 1.54) is 12.8 Å². The SMILES string of the molecule is CCCCCC(C)Nc1snc(N)c1S(=O)(=O)CCC. The van der Waals surface area contributed by atoms with E-state index in [0.29, 0.717) is 11.4 Å². The molecule has 0 bridgehead atoms. The number of nitrogens with two attached hydrogens (primary N) is 1. The molecule has 1 heterocycles. The first-order chi connectivity index (χ1) is 9.42. The average Bonchev–Trinajstić information content (AvgIpc) is 2.71. The zero-order valence-corrected chi connectivity index (χ0v) is 14.1. The van der Waals surface area contributed by atoms with E-state index in [2.05, 4.69) is 23.5 Å². The minimum absolute atomic E-state index is 0.106. The van der Waals surface area contributed by atoms with Crippen LogP contribution in [0.1, 0.15) is 52.9 Å². The first-order valence-corrected chi connectivity index (χ1v) is 9.59. The average molecular weight is 319 g/mol. The molecule has 0 spiro atoms. The van der Waals surface area contributed by atoms with E-state index in [0.717, 1.165) is 24.4 Å². The first-order valence-electron chi connectivity index (χ1n) is 7.16. The van der Waals surface area contributed by atoms with E-state index in [4.69, 9.17) is 5.73 Å². The van der Waals surface area contributed by atoms with Crippen LogP contribution in [0.3, 0.4) is 0 Å². The standard InChI is InChI=1S/C13H25N3O2S2/c1-4-6-7-8-10(3)15-13-11(12(14)16-19-13)20(17,18)9-5-2/h10,15H,4-9H2,1-3H3,(H2,14,16). The summed E-state index contributed by atoms with van der Waals surface area (Å²) in [5, 5.41) is 3.83. The molecule has 0 saturated heterocycles. The van der Waals surface area contributed by atoms with Crippen molar-refractivity contribution < 1.29 is 8.42 Å². The third-order valence-electron chi connectivity index (χ3n) is 3.08. The second kappa shape index (κ2) is 7.83. The van der Waals surface area contributed by atoms with Gasteiger partial charge in [0.15, 0.2) is 15.7 Å². The van der Waals surface area contributed by atoms with Crippen LogP contribution in [0.15, 0.2) is 4.90 Å². The number of nitrogens with zero attached hydrogens (tertiary/aromatic N) is 1. The summed E-state index contributed by atoms with van der Waals surface area (Å²) in [5.41, 5.74) is 5.74. The van der Waals surface area contributed by atoms with Crippen LogP contribution in [0.2, 0.25) is 0 Å². The summed E-state index contributed by atoms with van der Waals surface area (Å²) >= 11 is 1.13. The second-order valence-electron chi connectivity index (χ2n) is 5.09. The van der Waals surface area contributed by atoms with Gasteiger partial charge in [-0.1, -0.05) is 33.1 Å². The van der Waals surface area contributed by atoms with E-state index in [9.17, 15) is 8.42 Å². The Labute approximate surface area is 126 Å². The summed E-state index contributed by atoms with van der Waals surface area (Å²) in [6, 6.07) is 0.219. The van der Waals surface area contributed by atoms with Gasteiger partial charge in [-0.05, 0) is 31.3 Å². The fourth-order valence-corrected chi connectivity index (χ4v) is 4.77. The molecule has 3 N–H and O–H groups in total. The number of hydrogen-bond donors (Lipinski definition) is 2. The van der Waals surface area contributed by atoms with E-state index < -0.39 is 9.84 Å². The molecule has 0 fully saturated rings. The zero-order valence-electron chi connectivity index (χ0n) is 12.5. The summed E-state index contributed by atoms with van der Waals surface area (Å²) < 4.78 is 28.4. The fourth-order valence-electron chi connectivity index (χ4n) is 2.05. The van der Waals surface area contributed by atoms with Crippen molar-refractivity contribution in [2.45, 2.75) is 63.8 Å². The molecule has 1 atom stereocenters. The Balaban J connectivity index is 2.82. The van der Waals surface area contributed by atoms with Gasteiger partial charge in [0.05, 0.1) is 5.75 Å². The molecule has 0 saturated carbocycles. The lowest BCUT2D eigenvalue weighted by Crippen LogP contribution is -2.17. The van der Waals surface area contributed by atoms with Crippen molar-refractivity contribution in [3.8, 4) is 0 Å². The number of sulfone groups is 1. The molecule has 0 aromatic carbocycles. The number of nitrogen functional groups attached to an aromatic ring is 1. The largest absolute Gasteiger partial charge is 0.382 e. The minimum Gasteiger partial charge on any atom is -0.382 e. The fraction of sp³-hybridized carbons (Fsp3) is 0.769. The number of unbranched alkanes of at least 4 members (excludes halogenated alkanes) is 2. The molecule has 0 aliphatic carbocycles. The zero-order chi connectivity index (χ0) is 15.2. The van der Waals surface area contributed by atoms with E-state index in [1.807, 2.05) is 6.92 Å².